The number of hydrogen-bond donors (Lipinski definition) is 1. The summed E-state index contributed by atoms with van der Waals surface area (Å²) in [5.74, 6) is -3.57. The number of nitrogens with zero attached hydrogens (tertiary/aromatic N) is 2. The molecule has 1 aliphatic heterocycles. The lowest BCUT2D eigenvalue weighted by Gasteiger charge is -2.27. The predicted molar refractivity (Wildman–Crippen MR) is 60.8 cm³/mol. The fourth-order valence-corrected chi connectivity index (χ4v) is 2.17. The topological polar surface area (TPSA) is 70.5 Å². The van der Waals surface area contributed by atoms with Gasteiger partial charge >= 0.3 is 12.1 Å². The van der Waals surface area contributed by atoms with Crippen LogP contribution in [0.25, 0.3) is 0 Å². The molecule has 0 radical (unpaired) electrons. The maximum Gasteiger partial charge on any atom is 0.406 e. The first-order chi connectivity index (χ1) is 9.67. The van der Waals surface area contributed by atoms with E-state index in [0.717, 1.165) is 23.2 Å². The van der Waals surface area contributed by atoms with Crippen LogP contribution >= 0.6 is 0 Å². The van der Waals surface area contributed by atoms with Crippen LogP contribution in [0.15, 0.2) is 18.3 Å². The van der Waals surface area contributed by atoms with Gasteiger partial charge in [0.2, 0.25) is 0 Å². The molecule has 0 aromatic carbocycles. The summed E-state index contributed by atoms with van der Waals surface area (Å²) in [5, 5.41) is 8.88. The standard InChI is InChI=1S/C12H10F4N2O3/c13-7-1-2-8(17-5-7)9(19)18-4-3-11(6-18,10(20)21)12(14,15)16/h1-2,5H,3-4,6H2,(H,20,21). The molecule has 0 spiro atoms. The highest BCUT2D eigenvalue weighted by atomic mass is 19.4. The highest BCUT2D eigenvalue weighted by Gasteiger charge is 2.64. The molecule has 2 rings (SSSR count). The Labute approximate surface area is 116 Å². The molecule has 1 N–H and O–H groups in total. The molecule has 21 heavy (non-hydrogen) atoms. The number of hydrogen-bond acceptors (Lipinski definition) is 3. The third kappa shape index (κ3) is 2.55. The molecule has 1 fully saturated rings. The van der Waals surface area contributed by atoms with Gasteiger partial charge in [0.15, 0.2) is 5.41 Å². The van der Waals surface area contributed by atoms with Gasteiger partial charge in [0.25, 0.3) is 5.91 Å². The third-order valence-electron chi connectivity index (χ3n) is 3.46. The molecule has 0 aliphatic carbocycles. The lowest BCUT2D eigenvalue weighted by Crippen LogP contribution is -2.47. The fraction of sp³-hybridized carbons (Fsp3) is 0.417. The SMILES string of the molecule is O=C(c1ccc(F)cn1)N1CCC(C(=O)O)(C(F)(F)F)C1. The Balaban J connectivity index is 2.23. The van der Waals surface area contributed by atoms with Crippen molar-refractivity contribution in [3.8, 4) is 0 Å². The summed E-state index contributed by atoms with van der Waals surface area (Å²) in [7, 11) is 0. The summed E-state index contributed by atoms with van der Waals surface area (Å²) in [4.78, 5) is 27.2. The van der Waals surface area contributed by atoms with E-state index in [4.69, 9.17) is 5.11 Å². The van der Waals surface area contributed by atoms with E-state index < -0.39 is 42.3 Å². The number of rotatable bonds is 2. The van der Waals surface area contributed by atoms with E-state index in [9.17, 15) is 27.2 Å². The van der Waals surface area contributed by atoms with Gasteiger partial charge in [-0.2, -0.15) is 13.2 Å². The number of likely N-dealkylation sites (tertiary alicyclic amines) is 1. The maximum absolute atomic E-state index is 13.0. The van der Waals surface area contributed by atoms with Gasteiger partial charge in [0, 0.05) is 13.1 Å². The minimum atomic E-state index is -4.97. The Morgan fingerprint density at radius 3 is 2.43 bits per heavy atom. The first-order valence-corrected chi connectivity index (χ1v) is 5.88. The Morgan fingerprint density at radius 2 is 2.00 bits per heavy atom. The summed E-state index contributed by atoms with van der Waals surface area (Å²) >= 11 is 0. The summed E-state index contributed by atoms with van der Waals surface area (Å²) < 4.78 is 51.6. The van der Waals surface area contributed by atoms with Crippen LogP contribution in [-0.2, 0) is 4.79 Å². The van der Waals surface area contributed by atoms with Crippen LogP contribution in [0.4, 0.5) is 17.6 Å². The molecule has 0 saturated carbocycles. The largest absolute Gasteiger partial charge is 0.481 e. The molecule has 9 heteroatoms. The second-order valence-electron chi connectivity index (χ2n) is 4.72. The van der Waals surface area contributed by atoms with Crippen LogP contribution in [-0.4, -0.2) is 46.1 Å². The normalized spacial score (nSPS) is 22.4. The van der Waals surface area contributed by atoms with E-state index >= 15 is 0 Å². The zero-order chi connectivity index (χ0) is 15.8. The van der Waals surface area contributed by atoms with E-state index in [1.54, 1.807) is 0 Å². The molecule has 1 amide bonds. The molecule has 1 aromatic heterocycles. The number of halogens is 4. The molecule has 1 atom stereocenters. The van der Waals surface area contributed by atoms with Crippen molar-refractivity contribution >= 4 is 11.9 Å². The smallest absolute Gasteiger partial charge is 0.406 e. The quantitative estimate of drug-likeness (QED) is 0.844. The minimum absolute atomic E-state index is 0.236. The first kappa shape index (κ1) is 15.2. The molecule has 5 nitrogen and oxygen atoms in total. The van der Waals surface area contributed by atoms with E-state index in [0.29, 0.717) is 0 Å². The highest BCUT2D eigenvalue weighted by molar-refractivity contribution is 5.93. The first-order valence-electron chi connectivity index (χ1n) is 5.88. The Bertz CT molecular complexity index is 573. The highest BCUT2D eigenvalue weighted by Crippen LogP contribution is 2.45. The number of carboxylic acid groups (broad SMARTS) is 1. The van der Waals surface area contributed by atoms with Crippen LogP contribution in [0, 0.1) is 11.2 Å². The van der Waals surface area contributed by atoms with Crippen molar-refractivity contribution in [2.24, 2.45) is 5.41 Å². The Hall–Kier alpha value is -2.19. The average molecular weight is 306 g/mol. The van der Waals surface area contributed by atoms with Crippen LogP contribution < -0.4 is 0 Å². The van der Waals surface area contributed by atoms with Crippen molar-refractivity contribution in [3.05, 3.63) is 29.8 Å². The average Bonchev–Trinajstić information content (AvgIpc) is 2.84. The molecule has 1 unspecified atom stereocenters. The molecule has 1 saturated heterocycles. The molecule has 0 bridgehead atoms. The predicted octanol–water partition coefficient (Wildman–Crippen LogP) is 1.70. The van der Waals surface area contributed by atoms with E-state index in [1.165, 1.54) is 0 Å². The van der Waals surface area contributed by atoms with Gasteiger partial charge in [-0.1, -0.05) is 0 Å². The van der Waals surface area contributed by atoms with Crippen LogP contribution in [0.2, 0.25) is 0 Å². The monoisotopic (exact) mass is 306 g/mol. The fourth-order valence-electron chi connectivity index (χ4n) is 2.17. The summed E-state index contributed by atoms with van der Waals surface area (Å²) in [6.07, 6.45) is -4.93. The number of carbonyl (C=O) groups is 2. The van der Waals surface area contributed by atoms with Gasteiger partial charge in [0.05, 0.1) is 6.20 Å². The number of aliphatic carboxylic acids is 1. The lowest BCUT2D eigenvalue weighted by molar-refractivity contribution is -0.227. The van der Waals surface area contributed by atoms with Crippen molar-refractivity contribution in [1.29, 1.82) is 0 Å². The van der Waals surface area contributed by atoms with Gasteiger partial charge in [-0.25, -0.2) is 9.37 Å². The Kier molecular flexibility index (Phi) is 3.60. The van der Waals surface area contributed by atoms with Crippen LogP contribution in [0.1, 0.15) is 16.9 Å². The van der Waals surface area contributed by atoms with Gasteiger partial charge in [-0.3, -0.25) is 9.59 Å². The summed E-state index contributed by atoms with van der Waals surface area (Å²) in [6, 6.07) is 1.98. The molecular weight excluding hydrogens is 296 g/mol. The van der Waals surface area contributed by atoms with Gasteiger partial charge in [-0.15, -0.1) is 0 Å². The second-order valence-corrected chi connectivity index (χ2v) is 4.72. The summed E-state index contributed by atoms with van der Waals surface area (Å²) in [5.41, 5.74) is -3.21. The zero-order valence-corrected chi connectivity index (χ0v) is 10.5. The van der Waals surface area contributed by atoms with Crippen molar-refractivity contribution < 1.29 is 32.3 Å². The molecule has 1 aromatic rings. The van der Waals surface area contributed by atoms with Gasteiger partial charge in [-0.05, 0) is 18.6 Å². The molecule has 1 aliphatic rings. The van der Waals surface area contributed by atoms with Crippen molar-refractivity contribution in [2.45, 2.75) is 12.6 Å². The number of carbonyl (C=O) groups excluding carboxylic acids is 1. The van der Waals surface area contributed by atoms with Crippen molar-refractivity contribution in [2.75, 3.05) is 13.1 Å². The van der Waals surface area contributed by atoms with Gasteiger partial charge in [0.1, 0.15) is 11.5 Å². The molecule has 114 valence electrons. The number of carboxylic acids is 1. The summed E-state index contributed by atoms with van der Waals surface area (Å²) in [6.45, 7) is -1.34. The van der Waals surface area contributed by atoms with E-state index in [1.807, 2.05) is 0 Å². The third-order valence-corrected chi connectivity index (χ3v) is 3.46. The van der Waals surface area contributed by atoms with Crippen LogP contribution in [0.3, 0.4) is 0 Å². The number of alkyl halides is 3. The van der Waals surface area contributed by atoms with E-state index in [2.05, 4.69) is 4.98 Å². The lowest BCUT2D eigenvalue weighted by atomic mass is 9.86. The number of amides is 1. The molecular formula is C12H10F4N2O3. The van der Waals surface area contributed by atoms with Crippen LogP contribution in [0.5, 0.6) is 0 Å². The zero-order valence-electron chi connectivity index (χ0n) is 10.5. The molecule has 2 heterocycles. The van der Waals surface area contributed by atoms with Gasteiger partial charge < -0.3 is 10.0 Å². The van der Waals surface area contributed by atoms with Crippen molar-refractivity contribution in [3.63, 3.8) is 0 Å². The number of pyridine rings is 1. The van der Waals surface area contributed by atoms with Crippen molar-refractivity contribution in [1.82, 2.24) is 9.88 Å². The number of aromatic nitrogens is 1. The van der Waals surface area contributed by atoms with E-state index in [-0.39, 0.29) is 12.2 Å². The minimum Gasteiger partial charge on any atom is -0.481 e. The second kappa shape index (κ2) is 4.97. The Morgan fingerprint density at radius 1 is 1.33 bits per heavy atom. The maximum atomic E-state index is 13.0.